The first-order chi connectivity index (χ1) is 9.45. The topological polar surface area (TPSA) is 81.4 Å². The summed E-state index contributed by atoms with van der Waals surface area (Å²) in [7, 11) is 0. The zero-order chi connectivity index (χ0) is 15.1. The number of carbonyl (C=O) groups is 2. The molecule has 1 rings (SSSR count). The molecule has 0 spiro atoms. The molecule has 1 amide bonds. The van der Waals surface area contributed by atoms with Crippen molar-refractivity contribution in [1.82, 2.24) is 4.90 Å². The number of rotatable bonds is 6. The fraction of sp³-hybridized carbons (Fsp3) is 0.400. The molecule has 0 bridgehead atoms. The smallest absolute Gasteiger partial charge is 0.303 e. The Morgan fingerprint density at radius 3 is 2.35 bits per heavy atom. The molecule has 0 unspecified atom stereocenters. The van der Waals surface area contributed by atoms with Gasteiger partial charge in [0, 0.05) is 24.6 Å². The molecule has 1 aromatic carbocycles. The Labute approximate surface area is 118 Å². The second kappa shape index (κ2) is 7.29. The fourth-order valence-electron chi connectivity index (χ4n) is 1.85. The summed E-state index contributed by atoms with van der Waals surface area (Å²) in [5, 5.41) is 17.4. The fourth-order valence-corrected chi connectivity index (χ4v) is 1.85. The summed E-state index contributed by atoms with van der Waals surface area (Å²) < 4.78 is 0. The Hall–Kier alpha value is -2.35. The maximum atomic E-state index is 12.4. The largest absolute Gasteiger partial charge is 0.481 e. The van der Waals surface area contributed by atoms with E-state index in [1.807, 2.05) is 19.9 Å². The van der Waals surface area contributed by atoms with Crippen LogP contribution in [-0.2, 0) is 4.79 Å². The number of hydrogen-bond acceptors (Lipinski definition) is 3. The number of nitrogens with zero attached hydrogens (tertiary/aromatic N) is 2. The van der Waals surface area contributed by atoms with Gasteiger partial charge in [0.1, 0.15) is 0 Å². The second-order valence-corrected chi connectivity index (χ2v) is 4.78. The van der Waals surface area contributed by atoms with Crippen LogP contribution in [0.2, 0.25) is 0 Å². The van der Waals surface area contributed by atoms with E-state index in [0.29, 0.717) is 24.1 Å². The molecule has 0 saturated carbocycles. The summed E-state index contributed by atoms with van der Waals surface area (Å²) in [5.41, 5.74) is 1.01. The van der Waals surface area contributed by atoms with Crippen molar-refractivity contribution in [3.8, 4) is 6.07 Å². The molecule has 0 fully saturated rings. The number of amides is 1. The molecule has 20 heavy (non-hydrogen) atoms. The van der Waals surface area contributed by atoms with E-state index in [9.17, 15) is 9.59 Å². The van der Waals surface area contributed by atoms with Crippen LogP contribution in [0.3, 0.4) is 0 Å². The average Bonchev–Trinajstić information content (AvgIpc) is 2.42. The Morgan fingerprint density at radius 2 is 1.90 bits per heavy atom. The molecule has 0 aliphatic rings. The lowest BCUT2D eigenvalue weighted by Crippen LogP contribution is -2.37. The zero-order valence-electron chi connectivity index (χ0n) is 11.7. The third-order valence-electron chi connectivity index (χ3n) is 2.93. The molecule has 0 aliphatic heterocycles. The minimum Gasteiger partial charge on any atom is -0.481 e. The molecule has 5 nitrogen and oxygen atoms in total. The lowest BCUT2D eigenvalue weighted by atomic mass is 10.1. The lowest BCUT2D eigenvalue weighted by molar-refractivity contribution is -0.137. The molecule has 1 aromatic rings. The minimum atomic E-state index is -0.862. The van der Waals surface area contributed by atoms with E-state index in [2.05, 4.69) is 0 Å². The standard InChI is InChI=1S/C15H18N2O3/c1-11(2)17(9-3-4-14(18)19)15(20)13-7-5-12(10-16)6-8-13/h5-8,11H,3-4,9H2,1-2H3,(H,18,19). The third kappa shape index (κ3) is 4.39. The van der Waals surface area contributed by atoms with Gasteiger partial charge in [-0.05, 0) is 44.5 Å². The summed E-state index contributed by atoms with van der Waals surface area (Å²) in [6.45, 7) is 4.19. The molecule has 0 saturated heterocycles. The molecule has 5 heteroatoms. The van der Waals surface area contributed by atoms with Gasteiger partial charge >= 0.3 is 5.97 Å². The van der Waals surface area contributed by atoms with E-state index in [1.165, 1.54) is 0 Å². The Balaban J connectivity index is 2.77. The summed E-state index contributed by atoms with van der Waals surface area (Å²) in [6.07, 6.45) is 0.472. The van der Waals surface area contributed by atoms with Gasteiger partial charge in [-0.1, -0.05) is 0 Å². The van der Waals surface area contributed by atoms with E-state index >= 15 is 0 Å². The van der Waals surface area contributed by atoms with Gasteiger partial charge in [-0.3, -0.25) is 9.59 Å². The highest BCUT2D eigenvalue weighted by atomic mass is 16.4. The van der Waals surface area contributed by atoms with Crippen LogP contribution in [0, 0.1) is 11.3 Å². The summed E-state index contributed by atoms with van der Waals surface area (Å²) >= 11 is 0. The Bertz CT molecular complexity index is 515. The monoisotopic (exact) mass is 274 g/mol. The highest BCUT2D eigenvalue weighted by Crippen LogP contribution is 2.11. The van der Waals surface area contributed by atoms with Gasteiger partial charge in [-0.2, -0.15) is 5.26 Å². The van der Waals surface area contributed by atoms with Gasteiger partial charge in [0.05, 0.1) is 11.6 Å². The molecule has 1 N–H and O–H groups in total. The van der Waals surface area contributed by atoms with E-state index < -0.39 is 5.97 Å². The highest BCUT2D eigenvalue weighted by molar-refractivity contribution is 5.94. The van der Waals surface area contributed by atoms with Gasteiger partial charge in [0.2, 0.25) is 0 Å². The first kappa shape index (κ1) is 15.7. The minimum absolute atomic E-state index is 0.00746. The number of carboxylic acids is 1. The van der Waals surface area contributed by atoms with Crippen LogP contribution < -0.4 is 0 Å². The van der Waals surface area contributed by atoms with Crippen molar-refractivity contribution in [3.05, 3.63) is 35.4 Å². The molecule has 0 aromatic heterocycles. The predicted octanol–water partition coefficient (Wildman–Crippen LogP) is 2.27. The second-order valence-electron chi connectivity index (χ2n) is 4.78. The van der Waals surface area contributed by atoms with Crippen molar-refractivity contribution in [1.29, 1.82) is 5.26 Å². The zero-order valence-corrected chi connectivity index (χ0v) is 11.7. The number of hydrogen-bond donors (Lipinski definition) is 1. The predicted molar refractivity (Wildman–Crippen MR) is 74.2 cm³/mol. The van der Waals surface area contributed by atoms with Crippen molar-refractivity contribution < 1.29 is 14.7 Å². The van der Waals surface area contributed by atoms with Gasteiger partial charge < -0.3 is 10.0 Å². The lowest BCUT2D eigenvalue weighted by Gasteiger charge is -2.26. The van der Waals surface area contributed by atoms with Crippen molar-refractivity contribution >= 4 is 11.9 Å². The quantitative estimate of drug-likeness (QED) is 0.862. The van der Waals surface area contributed by atoms with E-state index in [1.54, 1.807) is 29.2 Å². The van der Waals surface area contributed by atoms with Crippen molar-refractivity contribution in [2.75, 3.05) is 6.54 Å². The molecular weight excluding hydrogens is 256 g/mol. The van der Waals surface area contributed by atoms with Gasteiger partial charge in [-0.25, -0.2) is 0 Å². The van der Waals surface area contributed by atoms with Crippen LogP contribution in [0.5, 0.6) is 0 Å². The van der Waals surface area contributed by atoms with Crippen LogP contribution in [0.4, 0.5) is 0 Å². The van der Waals surface area contributed by atoms with Gasteiger partial charge in [0.25, 0.3) is 5.91 Å². The third-order valence-corrected chi connectivity index (χ3v) is 2.93. The van der Waals surface area contributed by atoms with Crippen molar-refractivity contribution in [2.45, 2.75) is 32.7 Å². The van der Waals surface area contributed by atoms with E-state index in [0.717, 1.165) is 0 Å². The van der Waals surface area contributed by atoms with Crippen LogP contribution >= 0.6 is 0 Å². The molecule has 0 atom stereocenters. The molecule has 0 aliphatic carbocycles. The molecular formula is C15H18N2O3. The first-order valence-corrected chi connectivity index (χ1v) is 6.48. The van der Waals surface area contributed by atoms with Crippen LogP contribution in [-0.4, -0.2) is 34.5 Å². The van der Waals surface area contributed by atoms with Crippen LogP contribution in [0.1, 0.15) is 42.6 Å². The maximum absolute atomic E-state index is 12.4. The maximum Gasteiger partial charge on any atom is 0.303 e. The van der Waals surface area contributed by atoms with Crippen molar-refractivity contribution in [2.24, 2.45) is 0 Å². The van der Waals surface area contributed by atoms with Gasteiger partial charge in [0.15, 0.2) is 0 Å². The highest BCUT2D eigenvalue weighted by Gasteiger charge is 2.18. The number of nitriles is 1. The molecule has 0 radical (unpaired) electrons. The number of benzene rings is 1. The molecule has 0 heterocycles. The summed E-state index contributed by atoms with van der Waals surface area (Å²) in [5.74, 6) is -1.01. The van der Waals surface area contributed by atoms with Crippen LogP contribution in [0.25, 0.3) is 0 Å². The number of carboxylic acid groups (broad SMARTS) is 1. The Kier molecular flexibility index (Phi) is 5.73. The van der Waals surface area contributed by atoms with E-state index in [4.69, 9.17) is 10.4 Å². The van der Waals surface area contributed by atoms with E-state index in [-0.39, 0.29) is 18.4 Å². The SMILES string of the molecule is CC(C)N(CCCC(=O)O)C(=O)c1ccc(C#N)cc1. The summed E-state index contributed by atoms with van der Waals surface area (Å²) in [6, 6.07) is 8.43. The molecule has 106 valence electrons. The number of aliphatic carboxylic acids is 1. The Morgan fingerprint density at radius 1 is 1.30 bits per heavy atom. The first-order valence-electron chi connectivity index (χ1n) is 6.48. The van der Waals surface area contributed by atoms with Gasteiger partial charge in [-0.15, -0.1) is 0 Å². The van der Waals surface area contributed by atoms with Crippen molar-refractivity contribution in [3.63, 3.8) is 0 Å². The normalized spacial score (nSPS) is 10.1. The number of carbonyl (C=O) groups excluding carboxylic acids is 1. The summed E-state index contributed by atoms with van der Waals surface area (Å²) in [4.78, 5) is 24.5. The van der Waals surface area contributed by atoms with Crippen LogP contribution in [0.15, 0.2) is 24.3 Å². The average molecular weight is 274 g/mol.